The Morgan fingerprint density at radius 3 is 2.45 bits per heavy atom. The SMILES string of the molecule is COc1ccc(C2/C(=C(\O)c3ccccc3)C(=O)C(=O)N2c2nc3ccc(C)cc3s2)cc1. The summed E-state index contributed by atoms with van der Waals surface area (Å²) >= 11 is 1.34. The molecule has 1 unspecified atom stereocenters. The minimum absolute atomic E-state index is 0.0341. The van der Waals surface area contributed by atoms with Gasteiger partial charge in [-0.15, -0.1) is 0 Å². The molecule has 1 N–H and O–H groups in total. The van der Waals surface area contributed by atoms with Gasteiger partial charge >= 0.3 is 5.91 Å². The summed E-state index contributed by atoms with van der Waals surface area (Å²) in [7, 11) is 1.57. The number of carbonyl (C=O) groups is 2. The van der Waals surface area contributed by atoms with E-state index in [0.29, 0.717) is 22.0 Å². The molecule has 0 radical (unpaired) electrons. The molecule has 1 aliphatic heterocycles. The Bertz CT molecular complexity index is 1410. The van der Waals surface area contributed by atoms with Crippen LogP contribution < -0.4 is 9.64 Å². The number of ketones is 1. The van der Waals surface area contributed by atoms with Crippen LogP contribution >= 0.6 is 11.3 Å². The van der Waals surface area contributed by atoms with Gasteiger partial charge in [0.05, 0.1) is 28.9 Å². The van der Waals surface area contributed by atoms with E-state index in [1.165, 1.54) is 16.2 Å². The van der Waals surface area contributed by atoms with E-state index in [-0.39, 0.29) is 11.3 Å². The molecule has 5 rings (SSSR count). The Kier molecular flexibility index (Phi) is 5.18. The van der Waals surface area contributed by atoms with E-state index in [0.717, 1.165) is 15.8 Å². The zero-order chi connectivity index (χ0) is 23.1. The van der Waals surface area contributed by atoms with E-state index in [1.54, 1.807) is 55.6 Å². The Labute approximate surface area is 194 Å². The number of carbonyl (C=O) groups excluding carboxylic acids is 2. The highest BCUT2D eigenvalue weighted by Crippen LogP contribution is 2.44. The second kappa shape index (κ2) is 8.18. The molecule has 1 amide bonds. The number of anilines is 1. The maximum atomic E-state index is 13.3. The second-order valence-corrected chi connectivity index (χ2v) is 8.79. The lowest BCUT2D eigenvalue weighted by Gasteiger charge is -2.23. The largest absolute Gasteiger partial charge is 0.507 e. The molecule has 0 aliphatic carbocycles. The number of aromatic nitrogens is 1. The summed E-state index contributed by atoms with van der Waals surface area (Å²) in [5.74, 6) is -1.03. The Morgan fingerprint density at radius 2 is 1.76 bits per heavy atom. The molecule has 0 bridgehead atoms. The molecule has 1 saturated heterocycles. The third-order valence-electron chi connectivity index (χ3n) is 5.66. The molecule has 2 heterocycles. The summed E-state index contributed by atoms with van der Waals surface area (Å²) < 4.78 is 6.18. The number of amides is 1. The van der Waals surface area contributed by atoms with Crippen molar-refractivity contribution >= 4 is 44.1 Å². The number of aryl methyl sites for hydroxylation is 1. The van der Waals surface area contributed by atoms with Gasteiger partial charge in [0.1, 0.15) is 11.5 Å². The number of fused-ring (bicyclic) bond motifs is 1. The third kappa shape index (κ3) is 3.56. The maximum Gasteiger partial charge on any atom is 0.301 e. The Balaban J connectivity index is 1.72. The van der Waals surface area contributed by atoms with Gasteiger partial charge in [0, 0.05) is 5.56 Å². The summed E-state index contributed by atoms with van der Waals surface area (Å²) in [6, 6.07) is 20.9. The molecule has 164 valence electrons. The van der Waals surface area contributed by atoms with Crippen LogP contribution in [0.5, 0.6) is 5.75 Å². The minimum atomic E-state index is -0.822. The Hall–Kier alpha value is -3.97. The fourth-order valence-electron chi connectivity index (χ4n) is 4.01. The topological polar surface area (TPSA) is 79.7 Å². The van der Waals surface area contributed by atoms with E-state index in [4.69, 9.17) is 4.74 Å². The Morgan fingerprint density at radius 1 is 1.03 bits per heavy atom. The molecule has 7 heteroatoms. The van der Waals surface area contributed by atoms with Crippen LogP contribution in [0.3, 0.4) is 0 Å². The smallest absolute Gasteiger partial charge is 0.301 e. The van der Waals surface area contributed by atoms with E-state index < -0.39 is 17.7 Å². The normalized spacial score (nSPS) is 17.6. The summed E-state index contributed by atoms with van der Waals surface area (Å²) in [4.78, 5) is 32.5. The number of nitrogens with zero attached hydrogens (tertiary/aromatic N) is 2. The maximum absolute atomic E-state index is 13.3. The lowest BCUT2D eigenvalue weighted by molar-refractivity contribution is -0.132. The number of Topliss-reactive ketones (excluding diaryl/α,β-unsaturated/α-hetero) is 1. The van der Waals surface area contributed by atoms with Gasteiger partial charge in [0.15, 0.2) is 5.13 Å². The molecule has 1 aliphatic rings. The predicted octanol–water partition coefficient (Wildman–Crippen LogP) is 5.24. The van der Waals surface area contributed by atoms with Crippen LogP contribution in [0.1, 0.15) is 22.7 Å². The van der Waals surface area contributed by atoms with Crippen molar-refractivity contribution in [1.29, 1.82) is 0 Å². The summed E-state index contributed by atoms with van der Waals surface area (Å²) in [6.07, 6.45) is 0. The van der Waals surface area contributed by atoms with Crippen LogP contribution in [-0.4, -0.2) is 28.9 Å². The number of thiazole rings is 1. The fourth-order valence-corrected chi connectivity index (χ4v) is 5.10. The number of methoxy groups -OCH3 is 1. The number of hydrogen-bond donors (Lipinski definition) is 1. The number of aliphatic hydroxyl groups is 1. The van der Waals surface area contributed by atoms with Crippen LogP contribution in [0.15, 0.2) is 78.4 Å². The van der Waals surface area contributed by atoms with E-state index in [1.807, 2.05) is 31.2 Å². The standard InChI is InChI=1S/C26H20N2O4S/c1-15-8-13-19-20(14-15)33-26(27-19)28-22(16-9-11-18(32-2)12-10-16)21(24(30)25(28)31)23(29)17-6-4-3-5-7-17/h3-14,22,29H,1-2H3/b23-21+. The molecule has 1 atom stereocenters. The molecule has 0 spiro atoms. The van der Waals surface area contributed by atoms with Gasteiger partial charge in [-0.3, -0.25) is 14.5 Å². The zero-order valence-corrected chi connectivity index (χ0v) is 18.8. The van der Waals surface area contributed by atoms with Crippen LogP contribution in [0.4, 0.5) is 5.13 Å². The molecule has 6 nitrogen and oxygen atoms in total. The predicted molar refractivity (Wildman–Crippen MR) is 129 cm³/mol. The van der Waals surface area contributed by atoms with Crippen molar-refractivity contribution in [2.45, 2.75) is 13.0 Å². The second-order valence-electron chi connectivity index (χ2n) is 7.78. The van der Waals surface area contributed by atoms with Crippen LogP contribution in [-0.2, 0) is 9.59 Å². The molecular weight excluding hydrogens is 436 g/mol. The van der Waals surface area contributed by atoms with Gasteiger partial charge in [0.2, 0.25) is 0 Å². The van der Waals surface area contributed by atoms with Gasteiger partial charge in [-0.1, -0.05) is 59.9 Å². The highest BCUT2D eigenvalue weighted by atomic mass is 32.1. The van der Waals surface area contributed by atoms with Crippen molar-refractivity contribution in [3.63, 3.8) is 0 Å². The van der Waals surface area contributed by atoms with Crippen LogP contribution in [0, 0.1) is 6.92 Å². The van der Waals surface area contributed by atoms with E-state index >= 15 is 0 Å². The lowest BCUT2D eigenvalue weighted by Crippen LogP contribution is -2.29. The summed E-state index contributed by atoms with van der Waals surface area (Å²) in [5, 5.41) is 11.5. The zero-order valence-electron chi connectivity index (χ0n) is 18.0. The van der Waals surface area contributed by atoms with Gasteiger partial charge in [-0.05, 0) is 42.3 Å². The first-order chi connectivity index (χ1) is 16.0. The lowest BCUT2D eigenvalue weighted by atomic mass is 9.95. The number of benzene rings is 3. The highest BCUT2D eigenvalue weighted by molar-refractivity contribution is 7.22. The summed E-state index contributed by atoms with van der Waals surface area (Å²) in [5.41, 5.74) is 3.00. The third-order valence-corrected chi connectivity index (χ3v) is 6.68. The molecule has 3 aromatic carbocycles. The quantitative estimate of drug-likeness (QED) is 0.258. The molecule has 33 heavy (non-hydrogen) atoms. The number of ether oxygens (including phenoxy) is 1. The van der Waals surface area contributed by atoms with E-state index in [9.17, 15) is 14.7 Å². The summed E-state index contributed by atoms with van der Waals surface area (Å²) in [6.45, 7) is 1.99. The van der Waals surface area contributed by atoms with Gasteiger partial charge in [0.25, 0.3) is 5.78 Å². The van der Waals surface area contributed by atoms with Crippen molar-refractivity contribution in [1.82, 2.24) is 4.98 Å². The van der Waals surface area contributed by atoms with Crippen LogP contribution in [0.2, 0.25) is 0 Å². The number of rotatable bonds is 4. The van der Waals surface area contributed by atoms with Crippen molar-refractivity contribution in [3.8, 4) is 5.75 Å². The van der Waals surface area contributed by atoms with Gasteiger partial charge < -0.3 is 9.84 Å². The number of aliphatic hydroxyl groups excluding tert-OH is 1. The van der Waals surface area contributed by atoms with Crippen molar-refractivity contribution in [2.75, 3.05) is 12.0 Å². The fraction of sp³-hybridized carbons (Fsp3) is 0.115. The molecule has 1 aromatic heterocycles. The molecule has 0 saturated carbocycles. The first-order valence-corrected chi connectivity index (χ1v) is 11.2. The van der Waals surface area contributed by atoms with E-state index in [2.05, 4.69) is 4.98 Å². The van der Waals surface area contributed by atoms with Crippen molar-refractivity contribution in [2.24, 2.45) is 0 Å². The number of hydrogen-bond acceptors (Lipinski definition) is 6. The van der Waals surface area contributed by atoms with Crippen LogP contribution in [0.25, 0.3) is 16.0 Å². The van der Waals surface area contributed by atoms with Crippen molar-refractivity contribution < 1.29 is 19.4 Å². The monoisotopic (exact) mass is 456 g/mol. The average Bonchev–Trinajstić information content (AvgIpc) is 3.37. The van der Waals surface area contributed by atoms with Gasteiger partial charge in [-0.25, -0.2) is 4.98 Å². The highest BCUT2D eigenvalue weighted by Gasteiger charge is 2.48. The molecule has 1 fully saturated rings. The first-order valence-electron chi connectivity index (χ1n) is 10.4. The average molecular weight is 457 g/mol. The molecular formula is C26H20N2O4S. The van der Waals surface area contributed by atoms with Crippen molar-refractivity contribution in [3.05, 3.63) is 95.1 Å². The first kappa shape index (κ1) is 20.9. The van der Waals surface area contributed by atoms with Gasteiger partial charge in [-0.2, -0.15) is 0 Å². The molecule has 4 aromatic rings. The minimum Gasteiger partial charge on any atom is -0.507 e.